The molecule has 0 saturated carbocycles. The number of hydrogen-bond donors (Lipinski definition) is 7. The zero-order valence-corrected chi connectivity index (χ0v) is 28.8. The Morgan fingerprint density at radius 1 is 0.712 bits per heavy atom. The molecule has 17 heteroatoms. The minimum absolute atomic E-state index is 0.0524. The van der Waals surface area contributed by atoms with E-state index in [4.69, 9.17) is 10.5 Å². The molecule has 0 spiro atoms. The van der Waals surface area contributed by atoms with Crippen LogP contribution in [0.25, 0.3) is 0 Å². The molecular formula is C35H47N5O12. The lowest BCUT2D eigenvalue weighted by Crippen LogP contribution is -2.56. The Morgan fingerprint density at radius 3 is 1.81 bits per heavy atom. The largest absolute Gasteiger partial charge is 0.512 e. The van der Waals surface area contributed by atoms with Crippen LogP contribution in [0.2, 0.25) is 0 Å². The molecule has 0 fully saturated rings. The van der Waals surface area contributed by atoms with E-state index in [1.165, 1.54) is 9.80 Å². The van der Waals surface area contributed by atoms with Gasteiger partial charge in [-0.2, -0.15) is 0 Å². The molecule has 0 saturated heterocycles. The highest BCUT2D eigenvalue weighted by Gasteiger charge is 2.32. The number of nitrogens with zero attached hydrogens (tertiary/aromatic N) is 3. The molecule has 0 aliphatic heterocycles. The second kappa shape index (κ2) is 22.6. The third-order valence-corrected chi connectivity index (χ3v) is 7.71. The molecule has 52 heavy (non-hydrogen) atoms. The van der Waals surface area contributed by atoms with Gasteiger partial charge in [-0.25, -0.2) is 0 Å². The number of aliphatic hydroxyl groups is 1. The van der Waals surface area contributed by atoms with E-state index in [1.54, 1.807) is 24.3 Å². The summed E-state index contributed by atoms with van der Waals surface area (Å²) in [4.78, 5) is 75.6. The molecule has 0 aromatic heterocycles. The average Bonchev–Trinajstić information content (AvgIpc) is 3.06. The van der Waals surface area contributed by atoms with Crippen LogP contribution in [-0.4, -0.2) is 147 Å². The van der Waals surface area contributed by atoms with E-state index in [-0.39, 0.29) is 50.9 Å². The summed E-state index contributed by atoms with van der Waals surface area (Å²) in [6, 6.07) is 14.4. The smallest absolute Gasteiger partial charge is 0.317 e. The van der Waals surface area contributed by atoms with E-state index < -0.39 is 74.6 Å². The van der Waals surface area contributed by atoms with E-state index >= 15 is 0 Å². The van der Waals surface area contributed by atoms with Gasteiger partial charge in [-0.1, -0.05) is 61.2 Å². The maximum atomic E-state index is 13.5. The van der Waals surface area contributed by atoms with Gasteiger partial charge in [0.2, 0.25) is 5.91 Å². The maximum Gasteiger partial charge on any atom is 0.317 e. The SMILES string of the molecule is C=C(O)CN(CCN(CC(=O)O)C[C@H](C(=O)NCc1ccc(COCC(=O)[C@H](N)CCc2ccccc2)cc1)N(CC(=O)O)CC(=O)O)CC(=O)O. The van der Waals surface area contributed by atoms with Crippen molar-refractivity contribution in [3.63, 3.8) is 0 Å². The number of ketones is 1. The van der Waals surface area contributed by atoms with E-state index in [2.05, 4.69) is 11.9 Å². The molecule has 0 bridgehead atoms. The number of aryl methyl sites for hydroxylation is 1. The van der Waals surface area contributed by atoms with Gasteiger partial charge < -0.3 is 41.3 Å². The van der Waals surface area contributed by atoms with Crippen molar-refractivity contribution >= 4 is 35.6 Å². The van der Waals surface area contributed by atoms with Crippen LogP contribution < -0.4 is 11.1 Å². The number of rotatable bonds is 27. The van der Waals surface area contributed by atoms with Gasteiger partial charge in [0.25, 0.3) is 0 Å². The lowest BCUT2D eigenvalue weighted by Gasteiger charge is -2.33. The van der Waals surface area contributed by atoms with Crippen molar-refractivity contribution in [1.29, 1.82) is 0 Å². The number of Topliss-reactive ketones (excluding diaryl/α,β-unsaturated/α-hetero) is 1. The maximum absolute atomic E-state index is 13.5. The molecule has 17 nitrogen and oxygen atoms in total. The van der Waals surface area contributed by atoms with Crippen molar-refractivity contribution in [2.24, 2.45) is 5.73 Å². The molecule has 2 rings (SSSR count). The summed E-state index contributed by atoms with van der Waals surface area (Å²) in [5.41, 5.74) is 8.47. The molecule has 0 aliphatic carbocycles. The summed E-state index contributed by atoms with van der Waals surface area (Å²) in [7, 11) is 0. The molecule has 0 aliphatic rings. The van der Waals surface area contributed by atoms with Gasteiger partial charge in [-0.3, -0.25) is 43.5 Å². The monoisotopic (exact) mass is 729 g/mol. The number of benzene rings is 2. The minimum Gasteiger partial charge on any atom is -0.512 e. The van der Waals surface area contributed by atoms with Crippen molar-refractivity contribution in [2.45, 2.75) is 38.1 Å². The fraction of sp³-hybridized carbons (Fsp3) is 0.429. The number of aliphatic hydroxyl groups excluding tert-OH is 1. The van der Waals surface area contributed by atoms with Crippen LogP contribution in [0.5, 0.6) is 0 Å². The van der Waals surface area contributed by atoms with Gasteiger partial charge in [-0.15, -0.1) is 0 Å². The van der Waals surface area contributed by atoms with E-state index in [1.807, 2.05) is 30.3 Å². The summed E-state index contributed by atoms with van der Waals surface area (Å²) in [6.07, 6.45) is 1.15. The Labute approximate surface area is 300 Å². The standard InChI is InChI=1S/C35H47N5O12/c1-24(41)16-38(18-31(43)44)13-14-39(19-32(45)46)17-29(40(20-33(47)48)21-34(49)50)35(51)37-15-26-7-9-27(10-8-26)22-52-23-30(42)28(36)12-11-25-5-3-2-4-6-25/h2-10,28-29,41H,1,11-23,36H2,(H,37,51)(H,43,44)(H,45,46)(H,47,48)(H,49,50)/t28-,29-/m1/s1. The molecule has 8 N–H and O–H groups in total. The van der Waals surface area contributed by atoms with Crippen LogP contribution in [0.15, 0.2) is 66.9 Å². The molecule has 2 aromatic carbocycles. The number of ether oxygens (including phenoxy) is 1. The number of nitrogens with two attached hydrogens (primary N) is 1. The van der Waals surface area contributed by atoms with Crippen molar-refractivity contribution in [2.75, 3.05) is 59.0 Å². The number of carboxylic acids is 4. The highest BCUT2D eigenvalue weighted by molar-refractivity contribution is 5.85. The average molecular weight is 730 g/mol. The summed E-state index contributed by atoms with van der Waals surface area (Å²) in [5.74, 6) is -6.71. The first-order valence-corrected chi connectivity index (χ1v) is 16.3. The zero-order chi connectivity index (χ0) is 38.6. The summed E-state index contributed by atoms with van der Waals surface area (Å²) >= 11 is 0. The van der Waals surface area contributed by atoms with Crippen molar-refractivity contribution < 1.29 is 59.0 Å². The van der Waals surface area contributed by atoms with Gasteiger partial charge in [0.1, 0.15) is 12.6 Å². The van der Waals surface area contributed by atoms with E-state index in [0.717, 1.165) is 16.0 Å². The summed E-state index contributed by atoms with van der Waals surface area (Å²) in [6.45, 7) is -0.493. The minimum atomic E-state index is -1.45. The Morgan fingerprint density at radius 2 is 1.25 bits per heavy atom. The second-order valence-electron chi connectivity index (χ2n) is 12.1. The van der Waals surface area contributed by atoms with Gasteiger partial charge in [0.05, 0.1) is 51.1 Å². The zero-order valence-electron chi connectivity index (χ0n) is 28.8. The highest BCUT2D eigenvalue weighted by Crippen LogP contribution is 2.10. The van der Waals surface area contributed by atoms with Crippen LogP contribution in [0.1, 0.15) is 23.1 Å². The van der Waals surface area contributed by atoms with Crippen LogP contribution in [0.4, 0.5) is 0 Å². The Bertz CT molecular complexity index is 1470. The summed E-state index contributed by atoms with van der Waals surface area (Å²) < 4.78 is 5.55. The number of aliphatic carboxylic acids is 4. The molecule has 0 heterocycles. The topological polar surface area (TPSA) is 261 Å². The lowest BCUT2D eigenvalue weighted by atomic mass is 10.0. The van der Waals surface area contributed by atoms with Crippen molar-refractivity contribution in [1.82, 2.24) is 20.0 Å². The van der Waals surface area contributed by atoms with Crippen molar-refractivity contribution in [3.8, 4) is 0 Å². The predicted octanol–water partition coefficient (Wildman–Crippen LogP) is 0.0333. The van der Waals surface area contributed by atoms with Gasteiger partial charge in [-0.05, 0) is 29.5 Å². The molecule has 1 amide bonds. The molecule has 0 unspecified atom stereocenters. The third-order valence-electron chi connectivity index (χ3n) is 7.71. The number of carbonyl (C=O) groups is 6. The van der Waals surface area contributed by atoms with Crippen LogP contribution in [0, 0.1) is 0 Å². The van der Waals surface area contributed by atoms with Gasteiger partial charge in [0.15, 0.2) is 5.78 Å². The second-order valence-corrected chi connectivity index (χ2v) is 12.1. The van der Waals surface area contributed by atoms with Crippen LogP contribution >= 0.6 is 0 Å². The molecular weight excluding hydrogens is 682 g/mol. The number of hydrogen-bond acceptors (Lipinski definition) is 12. The molecule has 284 valence electrons. The fourth-order valence-corrected chi connectivity index (χ4v) is 5.17. The molecule has 2 atom stereocenters. The Hall–Kier alpha value is -5.20. The number of carbonyl (C=O) groups excluding carboxylic acids is 2. The van der Waals surface area contributed by atoms with Gasteiger partial charge in [0, 0.05) is 26.2 Å². The number of amides is 1. The first kappa shape index (κ1) is 43.0. The predicted molar refractivity (Wildman–Crippen MR) is 186 cm³/mol. The fourth-order valence-electron chi connectivity index (χ4n) is 5.17. The molecule has 2 aromatic rings. The van der Waals surface area contributed by atoms with E-state index in [0.29, 0.717) is 18.4 Å². The first-order chi connectivity index (χ1) is 24.6. The highest BCUT2D eigenvalue weighted by atomic mass is 16.5. The first-order valence-electron chi connectivity index (χ1n) is 16.3. The third kappa shape index (κ3) is 17.6. The van der Waals surface area contributed by atoms with Crippen LogP contribution in [-0.2, 0) is 53.1 Å². The Kier molecular flexibility index (Phi) is 18.7. The quantitative estimate of drug-likeness (QED) is 0.0599. The lowest BCUT2D eigenvalue weighted by molar-refractivity contribution is -0.146. The normalized spacial score (nSPS) is 12.4. The van der Waals surface area contributed by atoms with Crippen LogP contribution in [0.3, 0.4) is 0 Å². The Balaban J connectivity index is 2.06. The van der Waals surface area contributed by atoms with Crippen molar-refractivity contribution in [3.05, 3.63) is 83.6 Å². The molecule has 0 radical (unpaired) electrons. The summed E-state index contributed by atoms with van der Waals surface area (Å²) in [5, 5.41) is 49.9. The van der Waals surface area contributed by atoms with E-state index in [9.17, 15) is 54.3 Å². The number of carboxylic acid groups (broad SMARTS) is 4. The number of nitrogens with one attached hydrogen (secondary N) is 1. The van der Waals surface area contributed by atoms with Gasteiger partial charge >= 0.3 is 23.9 Å².